The number of amides is 1. The number of nitrogens with one attached hydrogen (secondary N) is 1. The van der Waals surface area contributed by atoms with E-state index in [1.807, 2.05) is 48.5 Å². The Morgan fingerprint density at radius 3 is 2.64 bits per heavy atom. The molecule has 1 N–H and O–H groups in total. The number of nitrogens with zero attached hydrogens (tertiary/aromatic N) is 1. The summed E-state index contributed by atoms with van der Waals surface area (Å²) in [4.78, 5) is 12.3. The molecule has 0 spiro atoms. The molecule has 0 radical (unpaired) electrons. The molecule has 25 heavy (non-hydrogen) atoms. The van der Waals surface area contributed by atoms with Crippen LogP contribution < -0.4 is 5.32 Å². The van der Waals surface area contributed by atoms with E-state index < -0.39 is 11.7 Å². The molecule has 0 unspecified atom stereocenters. The lowest BCUT2D eigenvalue weighted by Gasteiger charge is -2.06. The fourth-order valence-electron chi connectivity index (χ4n) is 2.45. The summed E-state index contributed by atoms with van der Waals surface area (Å²) in [7, 11) is 0. The molecule has 0 heterocycles. The Labute approximate surface area is 149 Å². The van der Waals surface area contributed by atoms with Gasteiger partial charge >= 0.3 is 0 Å². The van der Waals surface area contributed by atoms with Gasteiger partial charge in [0.1, 0.15) is 17.5 Å². The first-order valence-corrected chi connectivity index (χ1v) is 7.82. The van der Waals surface area contributed by atoms with Crippen LogP contribution in [0.1, 0.15) is 5.56 Å². The van der Waals surface area contributed by atoms with Crippen molar-refractivity contribution in [3.8, 4) is 6.07 Å². The van der Waals surface area contributed by atoms with Crippen LogP contribution in [0.25, 0.3) is 16.8 Å². The molecule has 0 aromatic heterocycles. The number of hydrogen-bond donors (Lipinski definition) is 1. The number of benzene rings is 3. The van der Waals surface area contributed by atoms with Crippen molar-refractivity contribution in [2.45, 2.75) is 0 Å². The molecular formula is C20H12ClFN2O. The summed E-state index contributed by atoms with van der Waals surface area (Å²) in [6, 6.07) is 19.1. The summed E-state index contributed by atoms with van der Waals surface area (Å²) in [6.07, 6.45) is 1.53. The van der Waals surface area contributed by atoms with Gasteiger partial charge in [-0.05, 0) is 40.6 Å². The highest BCUT2D eigenvalue weighted by atomic mass is 35.5. The monoisotopic (exact) mass is 350 g/mol. The second-order valence-corrected chi connectivity index (χ2v) is 5.73. The van der Waals surface area contributed by atoms with Crippen LogP contribution in [0.3, 0.4) is 0 Å². The highest BCUT2D eigenvalue weighted by molar-refractivity contribution is 6.31. The Morgan fingerprint density at radius 1 is 1.12 bits per heavy atom. The second-order valence-electron chi connectivity index (χ2n) is 5.32. The Kier molecular flexibility index (Phi) is 4.78. The normalized spacial score (nSPS) is 11.2. The van der Waals surface area contributed by atoms with Crippen LogP contribution in [0.15, 0.2) is 66.2 Å². The average Bonchev–Trinajstić information content (AvgIpc) is 2.62. The molecule has 0 bridgehead atoms. The van der Waals surface area contributed by atoms with Crippen LogP contribution in [0.2, 0.25) is 5.02 Å². The second kappa shape index (κ2) is 7.16. The number of halogens is 2. The van der Waals surface area contributed by atoms with Gasteiger partial charge in [0.25, 0.3) is 5.91 Å². The number of rotatable bonds is 3. The summed E-state index contributed by atoms with van der Waals surface area (Å²) in [5.74, 6) is -1.16. The van der Waals surface area contributed by atoms with Gasteiger partial charge in [-0.15, -0.1) is 0 Å². The lowest BCUT2D eigenvalue weighted by Crippen LogP contribution is -2.13. The molecule has 0 saturated carbocycles. The molecule has 0 aliphatic carbocycles. The number of carbonyl (C=O) groups excluding carboxylic acids is 1. The van der Waals surface area contributed by atoms with Crippen LogP contribution in [-0.4, -0.2) is 5.91 Å². The molecule has 3 aromatic rings. The van der Waals surface area contributed by atoms with Gasteiger partial charge in [0.2, 0.25) is 0 Å². The highest BCUT2D eigenvalue weighted by Crippen LogP contribution is 2.22. The van der Waals surface area contributed by atoms with Crippen molar-refractivity contribution >= 4 is 40.0 Å². The standard InChI is InChI=1S/C20H12ClFN2O/c21-18-11-16(8-9-19(18)22)24-20(25)15(12-23)10-14-6-3-5-13-4-1-2-7-17(13)14/h1-11H,(H,24,25). The molecular weight excluding hydrogens is 339 g/mol. The SMILES string of the molecule is N#CC(=Cc1cccc2ccccc12)C(=O)Nc1ccc(F)c(Cl)c1. The topological polar surface area (TPSA) is 52.9 Å². The largest absolute Gasteiger partial charge is 0.321 e. The molecule has 0 aliphatic heterocycles. The smallest absolute Gasteiger partial charge is 0.266 e. The number of anilines is 1. The fourth-order valence-corrected chi connectivity index (χ4v) is 2.63. The number of hydrogen-bond acceptors (Lipinski definition) is 2. The summed E-state index contributed by atoms with van der Waals surface area (Å²) in [5.41, 5.74) is 1.02. The fraction of sp³-hybridized carbons (Fsp3) is 0. The predicted octanol–water partition coefficient (Wildman–Crippen LogP) is 5.18. The van der Waals surface area contributed by atoms with Gasteiger partial charge in [-0.1, -0.05) is 54.1 Å². The van der Waals surface area contributed by atoms with Crippen LogP contribution in [0.5, 0.6) is 0 Å². The molecule has 0 saturated heterocycles. The van der Waals surface area contributed by atoms with E-state index in [0.717, 1.165) is 22.4 Å². The van der Waals surface area contributed by atoms with Crippen molar-refractivity contribution in [3.63, 3.8) is 0 Å². The zero-order chi connectivity index (χ0) is 17.8. The van der Waals surface area contributed by atoms with Crippen molar-refractivity contribution in [2.24, 2.45) is 0 Å². The van der Waals surface area contributed by atoms with E-state index in [0.29, 0.717) is 5.69 Å². The highest BCUT2D eigenvalue weighted by Gasteiger charge is 2.11. The minimum atomic E-state index is -0.585. The first-order valence-electron chi connectivity index (χ1n) is 7.44. The van der Waals surface area contributed by atoms with Crippen molar-refractivity contribution in [1.29, 1.82) is 5.26 Å². The maximum absolute atomic E-state index is 13.2. The van der Waals surface area contributed by atoms with Gasteiger partial charge in [0.15, 0.2) is 0 Å². The number of nitriles is 1. The van der Waals surface area contributed by atoms with Crippen molar-refractivity contribution < 1.29 is 9.18 Å². The van der Waals surface area contributed by atoms with E-state index in [9.17, 15) is 14.4 Å². The molecule has 5 heteroatoms. The van der Waals surface area contributed by atoms with Crippen LogP contribution in [-0.2, 0) is 4.79 Å². The predicted molar refractivity (Wildman–Crippen MR) is 97.6 cm³/mol. The van der Waals surface area contributed by atoms with E-state index in [-0.39, 0.29) is 10.6 Å². The van der Waals surface area contributed by atoms with Crippen LogP contribution >= 0.6 is 11.6 Å². The molecule has 3 nitrogen and oxygen atoms in total. The zero-order valence-corrected chi connectivity index (χ0v) is 13.7. The van der Waals surface area contributed by atoms with Crippen LogP contribution in [0, 0.1) is 17.1 Å². The quantitative estimate of drug-likeness (QED) is 0.522. The lowest BCUT2D eigenvalue weighted by atomic mass is 10.0. The first kappa shape index (κ1) is 16.7. The third-order valence-electron chi connectivity index (χ3n) is 3.67. The summed E-state index contributed by atoms with van der Waals surface area (Å²) in [5, 5.41) is 13.7. The van der Waals surface area contributed by atoms with Crippen molar-refractivity contribution in [3.05, 3.63) is 82.6 Å². The summed E-state index contributed by atoms with van der Waals surface area (Å²) < 4.78 is 13.2. The summed E-state index contributed by atoms with van der Waals surface area (Å²) >= 11 is 5.70. The van der Waals surface area contributed by atoms with Gasteiger partial charge in [-0.3, -0.25) is 4.79 Å². The van der Waals surface area contributed by atoms with Gasteiger partial charge in [-0.2, -0.15) is 5.26 Å². The first-order chi connectivity index (χ1) is 12.1. The third kappa shape index (κ3) is 3.68. The average molecular weight is 351 g/mol. The Bertz CT molecular complexity index is 1030. The van der Waals surface area contributed by atoms with Crippen LogP contribution in [0.4, 0.5) is 10.1 Å². The Hall–Kier alpha value is -3.16. The molecule has 0 fully saturated rings. The molecule has 0 atom stereocenters. The Balaban J connectivity index is 1.93. The van der Waals surface area contributed by atoms with E-state index in [4.69, 9.17) is 11.6 Å². The zero-order valence-electron chi connectivity index (χ0n) is 13.0. The maximum atomic E-state index is 13.2. The van der Waals surface area contributed by atoms with E-state index in [2.05, 4.69) is 5.32 Å². The molecule has 3 aromatic carbocycles. The van der Waals surface area contributed by atoms with Gasteiger partial charge in [-0.25, -0.2) is 4.39 Å². The van der Waals surface area contributed by atoms with Gasteiger partial charge in [0, 0.05) is 5.69 Å². The third-order valence-corrected chi connectivity index (χ3v) is 3.96. The van der Waals surface area contributed by atoms with E-state index in [1.165, 1.54) is 18.2 Å². The Morgan fingerprint density at radius 2 is 1.88 bits per heavy atom. The molecule has 1 amide bonds. The number of carbonyl (C=O) groups is 1. The molecule has 0 aliphatic rings. The van der Waals surface area contributed by atoms with Crippen molar-refractivity contribution in [1.82, 2.24) is 0 Å². The van der Waals surface area contributed by atoms with Crippen molar-refractivity contribution in [2.75, 3.05) is 5.32 Å². The maximum Gasteiger partial charge on any atom is 0.266 e. The lowest BCUT2D eigenvalue weighted by molar-refractivity contribution is -0.112. The van der Waals surface area contributed by atoms with E-state index >= 15 is 0 Å². The number of fused-ring (bicyclic) bond motifs is 1. The van der Waals surface area contributed by atoms with Gasteiger partial charge in [0.05, 0.1) is 5.02 Å². The minimum Gasteiger partial charge on any atom is -0.321 e. The van der Waals surface area contributed by atoms with E-state index in [1.54, 1.807) is 0 Å². The summed E-state index contributed by atoms with van der Waals surface area (Å²) in [6.45, 7) is 0. The van der Waals surface area contributed by atoms with Gasteiger partial charge < -0.3 is 5.32 Å². The molecule has 122 valence electrons. The molecule has 3 rings (SSSR count). The minimum absolute atomic E-state index is 0.0585.